The Morgan fingerprint density at radius 1 is 1.08 bits per heavy atom. The van der Waals surface area contributed by atoms with Crippen LogP contribution in [0.25, 0.3) is 0 Å². The van der Waals surface area contributed by atoms with Gasteiger partial charge in [-0.3, -0.25) is 0 Å². The maximum Gasteiger partial charge on any atom is 0.335 e. The number of aliphatic imine (C=N–C) groups is 1. The molecule has 1 aliphatic rings. The summed E-state index contributed by atoms with van der Waals surface area (Å²) in [6.45, 7) is 1.98. The SMILES string of the molecule is COC(=O)[C@H]1N=C(c2ccc(OC)cc2)O[C@H]1c1ccccc1C. The molecule has 0 aliphatic carbocycles. The number of benzene rings is 2. The smallest absolute Gasteiger partial charge is 0.335 e. The molecule has 0 aromatic heterocycles. The van der Waals surface area contributed by atoms with Gasteiger partial charge >= 0.3 is 5.97 Å². The van der Waals surface area contributed by atoms with E-state index in [4.69, 9.17) is 14.2 Å². The largest absolute Gasteiger partial charge is 0.497 e. The van der Waals surface area contributed by atoms with Crippen LogP contribution in [0.4, 0.5) is 0 Å². The molecule has 124 valence electrons. The summed E-state index contributed by atoms with van der Waals surface area (Å²) in [7, 11) is 2.97. The number of aryl methyl sites for hydroxylation is 1. The summed E-state index contributed by atoms with van der Waals surface area (Å²) in [5, 5.41) is 0. The van der Waals surface area contributed by atoms with Gasteiger partial charge in [-0.2, -0.15) is 0 Å². The van der Waals surface area contributed by atoms with Crippen molar-refractivity contribution < 1.29 is 19.0 Å². The second-order valence-electron chi connectivity index (χ2n) is 5.53. The molecule has 5 heteroatoms. The summed E-state index contributed by atoms with van der Waals surface area (Å²) >= 11 is 0. The van der Waals surface area contributed by atoms with Crippen molar-refractivity contribution in [2.24, 2.45) is 4.99 Å². The van der Waals surface area contributed by atoms with Gasteiger partial charge in [-0.25, -0.2) is 9.79 Å². The average Bonchev–Trinajstić information content (AvgIpc) is 3.06. The van der Waals surface area contributed by atoms with Crippen LogP contribution < -0.4 is 4.74 Å². The Hall–Kier alpha value is -2.82. The van der Waals surface area contributed by atoms with E-state index in [1.807, 2.05) is 55.5 Å². The Kier molecular flexibility index (Phi) is 4.51. The first-order valence-electron chi connectivity index (χ1n) is 7.66. The number of carbonyl (C=O) groups is 1. The van der Waals surface area contributed by atoms with Gasteiger partial charge in [0.15, 0.2) is 12.1 Å². The second kappa shape index (κ2) is 6.74. The van der Waals surface area contributed by atoms with Gasteiger partial charge in [-0.15, -0.1) is 0 Å². The highest BCUT2D eigenvalue weighted by atomic mass is 16.5. The van der Waals surface area contributed by atoms with E-state index in [-0.39, 0.29) is 0 Å². The van der Waals surface area contributed by atoms with Crippen LogP contribution in [0.3, 0.4) is 0 Å². The van der Waals surface area contributed by atoms with Crippen molar-refractivity contribution in [2.75, 3.05) is 14.2 Å². The zero-order valence-electron chi connectivity index (χ0n) is 13.9. The Morgan fingerprint density at radius 3 is 2.42 bits per heavy atom. The van der Waals surface area contributed by atoms with E-state index in [0.29, 0.717) is 5.90 Å². The lowest BCUT2D eigenvalue weighted by Crippen LogP contribution is -2.25. The van der Waals surface area contributed by atoms with Gasteiger partial charge in [0.2, 0.25) is 5.90 Å². The van der Waals surface area contributed by atoms with Gasteiger partial charge in [0.1, 0.15) is 5.75 Å². The van der Waals surface area contributed by atoms with Crippen LogP contribution in [-0.2, 0) is 14.3 Å². The number of esters is 1. The fourth-order valence-corrected chi connectivity index (χ4v) is 2.72. The average molecular weight is 325 g/mol. The maximum atomic E-state index is 12.2. The second-order valence-corrected chi connectivity index (χ2v) is 5.53. The number of ether oxygens (including phenoxy) is 3. The molecule has 1 aliphatic heterocycles. The van der Waals surface area contributed by atoms with E-state index in [1.165, 1.54) is 7.11 Å². The Bertz CT molecular complexity index is 767. The maximum absolute atomic E-state index is 12.2. The lowest BCUT2D eigenvalue weighted by atomic mass is 9.98. The molecule has 0 spiro atoms. The highest BCUT2D eigenvalue weighted by Crippen LogP contribution is 2.33. The minimum atomic E-state index is -0.715. The lowest BCUT2D eigenvalue weighted by molar-refractivity contribution is -0.143. The third-order valence-electron chi connectivity index (χ3n) is 4.06. The summed E-state index contributed by atoms with van der Waals surface area (Å²) in [6.07, 6.45) is -0.490. The first kappa shape index (κ1) is 16.1. The van der Waals surface area contributed by atoms with Crippen molar-refractivity contribution >= 4 is 11.9 Å². The fraction of sp³-hybridized carbons (Fsp3) is 0.263. The molecule has 0 unspecified atom stereocenters. The molecule has 0 amide bonds. The van der Waals surface area contributed by atoms with E-state index < -0.39 is 18.1 Å². The summed E-state index contributed by atoms with van der Waals surface area (Å²) in [6, 6.07) is 14.5. The number of carbonyl (C=O) groups excluding carboxylic acids is 1. The molecule has 0 radical (unpaired) electrons. The predicted octanol–water partition coefficient (Wildman–Crippen LogP) is 3.06. The predicted molar refractivity (Wildman–Crippen MR) is 90.3 cm³/mol. The van der Waals surface area contributed by atoms with E-state index in [9.17, 15) is 4.79 Å². The highest BCUT2D eigenvalue weighted by molar-refractivity contribution is 5.98. The molecular weight excluding hydrogens is 306 g/mol. The van der Waals surface area contributed by atoms with Gasteiger partial charge in [0, 0.05) is 5.56 Å². The molecule has 0 bridgehead atoms. The molecule has 1 heterocycles. The summed E-state index contributed by atoms with van der Waals surface area (Å²) in [5.74, 6) is 0.769. The summed E-state index contributed by atoms with van der Waals surface area (Å²) in [4.78, 5) is 16.6. The molecule has 2 aromatic carbocycles. The summed E-state index contributed by atoms with van der Waals surface area (Å²) < 4.78 is 16.1. The molecule has 5 nitrogen and oxygen atoms in total. The summed E-state index contributed by atoms with van der Waals surface area (Å²) in [5.41, 5.74) is 2.77. The van der Waals surface area contributed by atoms with Crippen LogP contribution in [0.15, 0.2) is 53.5 Å². The Labute approximate surface area is 140 Å². The monoisotopic (exact) mass is 325 g/mol. The van der Waals surface area contributed by atoms with E-state index in [0.717, 1.165) is 22.4 Å². The third kappa shape index (κ3) is 2.97. The molecule has 0 fully saturated rings. The minimum Gasteiger partial charge on any atom is -0.497 e. The van der Waals surface area contributed by atoms with Crippen molar-refractivity contribution in [1.82, 2.24) is 0 Å². The van der Waals surface area contributed by atoms with Gasteiger partial charge in [-0.1, -0.05) is 24.3 Å². The van der Waals surface area contributed by atoms with Crippen molar-refractivity contribution in [1.29, 1.82) is 0 Å². The van der Waals surface area contributed by atoms with Crippen LogP contribution >= 0.6 is 0 Å². The zero-order valence-corrected chi connectivity index (χ0v) is 13.9. The normalized spacial score (nSPS) is 19.4. The molecule has 24 heavy (non-hydrogen) atoms. The number of methoxy groups -OCH3 is 2. The van der Waals surface area contributed by atoms with Crippen LogP contribution in [-0.4, -0.2) is 32.1 Å². The van der Waals surface area contributed by atoms with Gasteiger partial charge in [0.25, 0.3) is 0 Å². The van der Waals surface area contributed by atoms with Gasteiger partial charge in [-0.05, 0) is 42.3 Å². The van der Waals surface area contributed by atoms with Crippen molar-refractivity contribution in [2.45, 2.75) is 19.1 Å². The Balaban J connectivity index is 1.95. The Morgan fingerprint density at radius 2 is 1.79 bits per heavy atom. The topological polar surface area (TPSA) is 57.1 Å². The van der Waals surface area contributed by atoms with Crippen LogP contribution in [0.5, 0.6) is 5.75 Å². The van der Waals surface area contributed by atoms with Crippen LogP contribution in [0, 0.1) is 6.92 Å². The van der Waals surface area contributed by atoms with Gasteiger partial charge < -0.3 is 14.2 Å². The first-order chi connectivity index (χ1) is 11.6. The molecule has 2 aromatic rings. The quantitative estimate of drug-likeness (QED) is 0.811. The van der Waals surface area contributed by atoms with E-state index >= 15 is 0 Å². The van der Waals surface area contributed by atoms with E-state index in [1.54, 1.807) is 7.11 Å². The zero-order chi connectivity index (χ0) is 17.1. The molecule has 0 N–H and O–H groups in total. The van der Waals surface area contributed by atoms with Crippen LogP contribution in [0.2, 0.25) is 0 Å². The van der Waals surface area contributed by atoms with Gasteiger partial charge in [0.05, 0.1) is 14.2 Å². The van der Waals surface area contributed by atoms with E-state index in [2.05, 4.69) is 4.99 Å². The third-order valence-corrected chi connectivity index (χ3v) is 4.06. The molecule has 2 atom stereocenters. The number of hydrogen-bond donors (Lipinski definition) is 0. The van der Waals surface area contributed by atoms with Crippen LogP contribution in [0.1, 0.15) is 22.8 Å². The van der Waals surface area contributed by atoms with Crippen molar-refractivity contribution in [3.63, 3.8) is 0 Å². The minimum absolute atomic E-state index is 0.410. The molecular formula is C19H19NO4. The lowest BCUT2D eigenvalue weighted by Gasteiger charge is -2.18. The number of rotatable bonds is 4. The molecule has 3 rings (SSSR count). The number of hydrogen-bond acceptors (Lipinski definition) is 5. The molecule has 0 saturated heterocycles. The first-order valence-corrected chi connectivity index (χ1v) is 7.66. The fourth-order valence-electron chi connectivity index (χ4n) is 2.72. The number of nitrogens with zero attached hydrogens (tertiary/aromatic N) is 1. The standard InChI is InChI=1S/C19H19NO4/c1-12-6-4-5-7-15(12)17-16(19(21)23-3)20-18(24-17)13-8-10-14(22-2)11-9-13/h4-11,16-17H,1-3H3/t16-,17-/m0/s1. The van der Waals surface area contributed by atoms with Crippen molar-refractivity contribution in [3.05, 3.63) is 65.2 Å². The van der Waals surface area contributed by atoms with Crippen molar-refractivity contribution in [3.8, 4) is 5.75 Å². The molecule has 0 saturated carbocycles. The highest BCUT2D eigenvalue weighted by Gasteiger charge is 2.39.